The number of halogens is 1. The first-order chi connectivity index (χ1) is 8.11. The maximum absolute atomic E-state index is 11.7. The van der Waals surface area contributed by atoms with E-state index < -0.39 is 25.6 Å². The van der Waals surface area contributed by atoms with Crippen LogP contribution in [-0.2, 0) is 19.9 Å². The van der Waals surface area contributed by atoms with E-state index in [0.29, 0.717) is 5.69 Å². The van der Waals surface area contributed by atoms with E-state index in [4.69, 9.17) is 0 Å². The lowest BCUT2D eigenvalue weighted by molar-refractivity contribution is 0.593. The summed E-state index contributed by atoms with van der Waals surface area (Å²) in [5.41, 5.74) is 1.30. The van der Waals surface area contributed by atoms with Crippen molar-refractivity contribution in [2.45, 2.75) is 6.92 Å². The molecule has 0 aliphatic carbocycles. The van der Waals surface area contributed by atoms with E-state index in [1.54, 1.807) is 19.1 Å². The van der Waals surface area contributed by atoms with Gasteiger partial charge in [-0.3, -0.25) is 4.72 Å². The summed E-state index contributed by atoms with van der Waals surface area (Å²) in [4.78, 5) is 0. The van der Waals surface area contributed by atoms with Crippen LogP contribution >= 0.6 is 22.6 Å². The lowest BCUT2D eigenvalue weighted by atomic mass is 10.2. The largest absolute Gasteiger partial charge is 0.283 e. The van der Waals surface area contributed by atoms with Crippen LogP contribution in [0.1, 0.15) is 5.56 Å². The Bertz CT molecular complexity index is 638. The van der Waals surface area contributed by atoms with Crippen LogP contribution in [0, 0.1) is 10.5 Å². The van der Waals surface area contributed by atoms with Gasteiger partial charge in [-0.25, -0.2) is 16.8 Å². The molecule has 0 aliphatic heterocycles. The molecule has 1 aromatic carbocycles. The molecule has 0 heterocycles. The summed E-state index contributed by atoms with van der Waals surface area (Å²) < 4.78 is 48.7. The first-order valence-electron chi connectivity index (χ1n) is 5.04. The maximum atomic E-state index is 11.7. The van der Waals surface area contributed by atoms with Crippen molar-refractivity contribution < 1.29 is 16.8 Å². The average molecular weight is 403 g/mol. The number of hydrogen-bond donors (Lipinski definition) is 1. The average Bonchev–Trinajstić information content (AvgIpc) is 2.21. The Labute approximate surface area is 121 Å². The van der Waals surface area contributed by atoms with Gasteiger partial charge in [0.25, 0.3) is 0 Å². The highest BCUT2D eigenvalue weighted by Crippen LogP contribution is 2.21. The normalized spacial score (nSPS) is 12.4. The Morgan fingerprint density at radius 1 is 1.17 bits per heavy atom. The third-order valence-corrected chi connectivity index (χ3v) is 5.90. The van der Waals surface area contributed by atoms with Crippen molar-refractivity contribution in [3.05, 3.63) is 27.3 Å². The van der Waals surface area contributed by atoms with Gasteiger partial charge in [-0.2, -0.15) is 0 Å². The minimum Gasteiger partial charge on any atom is -0.283 e. The third-order valence-electron chi connectivity index (χ3n) is 2.26. The number of benzene rings is 1. The summed E-state index contributed by atoms with van der Waals surface area (Å²) in [5, 5.41) is 0. The van der Waals surface area contributed by atoms with E-state index in [0.717, 1.165) is 15.4 Å². The molecule has 0 amide bonds. The Morgan fingerprint density at radius 2 is 1.78 bits per heavy atom. The van der Waals surface area contributed by atoms with Crippen molar-refractivity contribution >= 4 is 48.1 Å². The zero-order valence-electron chi connectivity index (χ0n) is 9.97. The Morgan fingerprint density at radius 3 is 2.33 bits per heavy atom. The monoisotopic (exact) mass is 403 g/mol. The predicted octanol–water partition coefficient (Wildman–Crippen LogP) is 1.39. The van der Waals surface area contributed by atoms with Crippen LogP contribution in [0.2, 0.25) is 0 Å². The van der Waals surface area contributed by atoms with Crippen molar-refractivity contribution in [1.82, 2.24) is 0 Å². The molecular formula is C10H14INO4S2. The lowest BCUT2D eigenvalue weighted by Crippen LogP contribution is -2.22. The van der Waals surface area contributed by atoms with Crippen LogP contribution in [0.3, 0.4) is 0 Å². The molecule has 0 fully saturated rings. The van der Waals surface area contributed by atoms with Gasteiger partial charge in [0.15, 0.2) is 0 Å². The fourth-order valence-electron chi connectivity index (χ4n) is 1.20. The van der Waals surface area contributed by atoms with Gasteiger partial charge in [-0.15, -0.1) is 0 Å². The number of hydrogen-bond acceptors (Lipinski definition) is 4. The number of rotatable bonds is 5. The van der Waals surface area contributed by atoms with Crippen molar-refractivity contribution in [2.75, 3.05) is 22.5 Å². The maximum Gasteiger partial charge on any atom is 0.233 e. The van der Waals surface area contributed by atoms with Crippen LogP contribution < -0.4 is 4.72 Å². The van der Waals surface area contributed by atoms with Gasteiger partial charge in [-0.05, 0) is 47.2 Å². The van der Waals surface area contributed by atoms with E-state index in [1.165, 1.54) is 0 Å². The van der Waals surface area contributed by atoms with Gasteiger partial charge >= 0.3 is 0 Å². The molecule has 0 radical (unpaired) electrons. The van der Waals surface area contributed by atoms with E-state index in [9.17, 15) is 16.8 Å². The summed E-state index contributed by atoms with van der Waals surface area (Å²) in [6.45, 7) is 1.80. The molecule has 0 unspecified atom stereocenters. The molecule has 1 aromatic rings. The fraction of sp³-hybridized carbons (Fsp3) is 0.400. The van der Waals surface area contributed by atoms with Crippen molar-refractivity contribution in [3.8, 4) is 0 Å². The van der Waals surface area contributed by atoms with Gasteiger partial charge in [0, 0.05) is 9.83 Å². The topological polar surface area (TPSA) is 80.3 Å². The molecule has 1 N–H and O–H groups in total. The summed E-state index contributed by atoms with van der Waals surface area (Å²) in [7, 11) is -6.93. The minimum absolute atomic E-state index is 0.384. The number of sulfone groups is 1. The molecule has 1 rings (SSSR count). The highest BCUT2D eigenvalue weighted by atomic mass is 127. The lowest BCUT2D eigenvalue weighted by Gasteiger charge is -2.11. The minimum atomic E-state index is -3.64. The first-order valence-corrected chi connectivity index (χ1v) is 9.83. The SMILES string of the molecule is Cc1c(I)cccc1NS(=O)(=O)CCS(C)(=O)=O. The zero-order valence-corrected chi connectivity index (χ0v) is 13.8. The van der Waals surface area contributed by atoms with E-state index in [2.05, 4.69) is 27.3 Å². The summed E-state index contributed by atoms with van der Waals surface area (Å²) in [5.74, 6) is -0.817. The van der Waals surface area contributed by atoms with Gasteiger partial charge < -0.3 is 0 Å². The van der Waals surface area contributed by atoms with E-state index in [-0.39, 0.29) is 5.75 Å². The van der Waals surface area contributed by atoms with Crippen LogP contribution in [0.15, 0.2) is 18.2 Å². The number of sulfonamides is 1. The molecular weight excluding hydrogens is 389 g/mol. The Kier molecular flexibility index (Phi) is 5.01. The van der Waals surface area contributed by atoms with Gasteiger partial charge in [0.05, 0.1) is 17.2 Å². The summed E-state index contributed by atoms with van der Waals surface area (Å²) >= 11 is 2.11. The second-order valence-electron chi connectivity index (χ2n) is 3.96. The molecule has 0 aliphatic rings. The van der Waals surface area contributed by atoms with Crippen LogP contribution in [-0.4, -0.2) is 34.6 Å². The Balaban J connectivity index is 2.87. The van der Waals surface area contributed by atoms with Crippen molar-refractivity contribution in [2.24, 2.45) is 0 Å². The van der Waals surface area contributed by atoms with Gasteiger partial charge in [-0.1, -0.05) is 6.07 Å². The second-order valence-corrected chi connectivity index (χ2v) is 9.23. The molecule has 0 saturated heterocycles. The van der Waals surface area contributed by atoms with Crippen LogP contribution in [0.4, 0.5) is 5.69 Å². The highest BCUT2D eigenvalue weighted by molar-refractivity contribution is 14.1. The first kappa shape index (κ1) is 15.7. The smallest absolute Gasteiger partial charge is 0.233 e. The fourth-order valence-corrected chi connectivity index (χ4v) is 4.44. The molecule has 0 spiro atoms. The Hall–Kier alpha value is -0.350. The second kappa shape index (κ2) is 5.74. The number of anilines is 1. The van der Waals surface area contributed by atoms with Gasteiger partial charge in [0.2, 0.25) is 10.0 Å². The molecule has 18 heavy (non-hydrogen) atoms. The summed E-state index contributed by atoms with van der Waals surface area (Å²) in [6.07, 6.45) is 1.01. The van der Waals surface area contributed by atoms with Crippen molar-refractivity contribution in [3.63, 3.8) is 0 Å². The summed E-state index contributed by atoms with van der Waals surface area (Å²) in [6, 6.07) is 5.25. The van der Waals surface area contributed by atoms with Gasteiger partial charge in [0.1, 0.15) is 9.84 Å². The zero-order chi connectivity index (χ0) is 14.0. The standard InChI is InChI=1S/C10H14INO4S2/c1-8-9(11)4-3-5-10(8)12-18(15,16)7-6-17(2,13)14/h3-5,12H,6-7H2,1-2H3. The molecule has 0 atom stereocenters. The molecule has 5 nitrogen and oxygen atoms in total. The molecule has 8 heteroatoms. The van der Waals surface area contributed by atoms with E-state index in [1.807, 2.05) is 6.07 Å². The molecule has 0 bridgehead atoms. The quantitative estimate of drug-likeness (QED) is 0.754. The molecule has 0 saturated carbocycles. The van der Waals surface area contributed by atoms with E-state index >= 15 is 0 Å². The third kappa shape index (κ3) is 5.11. The predicted molar refractivity (Wildman–Crippen MR) is 81.0 cm³/mol. The number of nitrogens with one attached hydrogen (secondary N) is 1. The molecule has 102 valence electrons. The van der Waals surface area contributed by atoms with Crippen LogP contribution in [0.25, 0.3) is 0 Å². The van der Waals surface area contributed by atoms with Crippen LogP contribution in [0.5, 0.6) is 0 Å². The highest BCUT2D eigenvalue weighted by Gasteiger charge is 2.15. The molecule has 0 aromatic heterocycles. The van der Waals surface area contributed by atoms with Crippen molar-refractivity contribution in [1.29, 1.82) is 0 Å².